The van der Waals surface area contributed by atoms with Crippen molar-refractivity contribution in [2.75, 3.05) is 23.3 Å². The molecular formula is C16H17ClN4O2S. The first-order chi connectivity index (χ1) is 11.5. The number of piperidine rings is 1. The molecule has 2 aromatic heterocycles. The summed E-state index contributed by atoms with van der Waals surface area (Å²) in [7, 11) is 0. The van der Waals surface area contributed by atoms with Gasteiger partial charge in [0.2, 0.25) is 5.91 Å². The number of hydrogen-bond acceptors (Lipinski definition) is 6. The predicted molar refractivity (Wildman–Crippen MR) is 94.9 cm³/mol. The number of halogens is 1. The maximum Gasteiger partial charge on any atom is 0.229 e. The first kappa shape index (κ1) is 16.9. The fourth-order valence-corrected chi connectivity index (χ4v) is 3.49. The molecule has 0 radical (unpaired) electrons. The van der Waals surface area contributed by atoms with Gasteiger partial charge in [-0.25, -0.2) is 9.97 Å². The van der Waals surface area contributed by atoms with E-state index in [9.17, 15) is 9.59 Å². The third kappa shape index (κ3) is 3.91. The summed E-state index contributed by atoms with van der Waals surface area (Å²) in [4.78, 5) is 34.2. The van der Waals surface area contributed by atoms with Gasteiger partial charge in [-0.3, -0.25) is 9.59 Å². The number of ketones is 1. The Labute approximate surface area is 148 Å². The van der Waals surface area contributed by atoms with Crippen molar-refractivity contribution in [2.45, 2.75) is 19.8 Å². The van der Waals surface area contributed by atoms with Crippen LogP contribution in [0.25, 0.3) is 0 Å². The molecular weight excluding hydrogens is 348 g/mol. The lowest BCUT2D eigenvalue weighted by Gasteiger charge is -2.31. The smallest absolute Gasteiger partial charge is 0.229 e. The molecule has 3 heterocycles. The van der Waals surface area contributed by atoms with E-state index < -0.39 is 0 Å². The van der Waals surface area contributed by atoms with Gasteiger partial charge in [0, 0.05) is 37.5 Å². The number of aromatic nitrogens is 2. The third-order valence-electron chi connectivity index (χ3n) is 4.00. The summed E-state index contributed by atoms with van der Waals surface area (Å²) in [6.45, 7) is 2.99. The minimum atomic E-state index is -0.101. The van der Waals surface area contributed by atoms with Crippen molar-refractivity contribution >= 4 is 45.6 Å². The lowest BCUT2D eigenvalue weighted by Crippen LogP contribution is -2.38. The quantitative estimate of drug-likeness (QED) is 0.843. The summed E-state index contributed by atoms with van der Waals surface area (Å²) in [6.07, 6.45) is 3.13. The highest BCUT2D eigenvalue weighted by Gasteiger charge is 2.26. The molecule has 0 aromatic carbocycles. The number of hydrogen-bond donors (Lipinski definition) is 1. The van der Waals surface area contributed by atoms with Gasteiger partial charge in [0.1, 0.15) is 11.5 Å². The number of rotatable bonds is 4. The Balaban J connectivity index is 1.54. The van der Waals surface area contributed by atoms with E-state index in [1.54, 1.807) is 11.6 Å². The van der Waals surface area contributed by atoms with Gasteiger partial charge in [-0.2, -0.15) is 0 Å². The van der Waals surface area contributed by atoms with Gasteiger partial charge in [0.15, 0.2) is 10.9 Å². The number of Topliss-reactive ketones (excluding diaryl/α,β-unsaturated/α-hetero) is 1. The highest BCUT2D eigenvalue weighted by Crippen LogP contribution is 2.24. The van der Waals surface area contributed by atoms with Gasteiger partial charge >= 0.3 is 0 Å². The molecule has 0 bridgehead atoms. The molecule has 126 valence electrons. The topological polar surface area (TPSA) is 75.2 Å². The Kier molecular flexibility index (Phi) is 5.11. The number of pyridine rings is 1. The lowest BCUT2D eigenvalue weighted by molar-refractivity contribution is -0.120. The van der Waals surface area contributed by atoms with Crippen LogP contribution in [-0.4, -0.2) is 34.7 Å². The van der Waals surface area contributed by atoms with Crippen molar-refractivity contribution in [3.63, 3.8) is 0 Å². The monoisotopic (exact) mass is 364 g/mol. The summed E-state index contributed by atoms with van der Waals surface area (Å²) in [6, 6.07) is 3.71. The number of carbonyl (C=O) groups is 2. The zero-order valence-corrected chi connectivity index (χ0v) is 14.7. The first-order valence-electron chi connectivity index (χ1n) is 7.67. The molecule has 3 rings (SSSR count). The third-order valence-corrected chi connectivity index (χ3v) is 4.98. The van der Waals surface area contributed by atoms with Gasteiger partial charge in [0.25, 0.3) is 0 Å². The molecule has 1 amide bonds. The number of nitrogens with zero attached hydrogens (tertiary/aromatic N) is 3. The molecule has 1 saturated heterocycles. The second kappa shape index (κ2) is 7.27. The van der Waals surface area contributed by atoms with Crippen LogP contribution in [0.4, 0.5) is 10.9 Å². The van der Waals surface area contributed by atoms with Crippen molar-refractivity contribution < 1.29 is 9.59 Å². The van der Waals surface area contributed by atoms with Crippen molar-refractivity contribution in [1.29, 1.82) is 0 Å². The van der Waals surface area contributed by atoms with Crippen molar-refractivity contribution in [3.8, 4) is 0 Å². The Morgan fingerprint density at radius 3 is 2.67 bits per heavy atom. The number of anilines is 2. The van der Waals surface area contributed by atoms with Gasteiger partial charge in [-0.1, -0.05) is 11.6 Å². The fraction of sp³-hybridized carbons (Fsp3) is 0.375. The molecule has 0 unspecified atom stereocenters. The SMILES string of the molecule is CC(=O)c1csc(NC(=O)C2CCN(c3ccc(Cl)cn3)CC2)n1. The zero-order chi connectivity index (χ0) is 17.1. The molecule has 0 saturated carbocycles. The van der Waals surface area contributed by atoms with Crippen LogP contribution in [-0.2, 0) is 4.79 Å². The van der Waals surface area contributed by atoms with Gasteiger partial charge in [-0.15, -0.1) is 11.3 Å². The van der Waals surface area contributed by atoms with E-state index in [1.165, 1.54) is 18.3 Å². The van der Waals surface area contributed by atoms with Gasteiger partial charge in [-0.05, 0) is 25.0 Å². The van der Waals surface area contributed by atoms with Crippen LogP contribution in [0.5, 0.6) is 0 Å². The van der Waals surface area contributed by atoms with Crippen LogP contribution in [0.3, 0.4) is 0 Å². The number of amides is 1. The number of carbonyl (C=O) groups excluding carboxylic acids is 2. The summed E-state index contributed by atoms with van der Waals surface area (Å²) in [5.41, 5.74) is 0.388. The normalized spacial score (nSPS) is 15.3. The Bertz CT molecular complexity index is 739. The number of nitrogens with one attached hydrogen (secondary N) is 1. The Hall–Kier alpha value is -1.99. The lowest BCUT2D eigenvalue weighted by atomic mass is 9.96. The molecule has 6 nitrogen and oxygen atoms in total. The second-order valence-electron chi connectivity index (χ2n) is 5.68. The van der Waals surface area contributed by atoms with Crippen molar-refractivity contribution in [2.24, 2.45) is 5.92 Å². The van der Waals surface area contributed by atoms with Crippen molar-refractivity contribution in [1.82, 2.24) is 9.97 Å². The summed E-state index contributed by atoms with van der Waals surface area (Å²) in [5, 5.41) is 5.56. The molecule has 0 aliphatic carbocycles. The summed E-state index contributed by atoms with van der Waals surface area (Å²) in [5.74, 6) is 0.682. The van der Waals surface area contributed by atoms with Crippen LogP contribution in [0, 0.1) is 5.92 Å². The molecule has 1 fully saturated rings. The van der Waals surface area contributed by atoms with Crippen LogP contribution >= 0.6 is 22.9 Å². The highest BCUT2D eigenvalue weighted by molar-refractivity contribution is 7.14. The minimum absolute atomic E-state index is 0.0387. The van der Waals surface area contributed by atoms with Crippen LogP contribution < -0.4 is 10.2 Å². The Morgan fingerprint density at radius 1 is 1.33 bits per heavy atom. The van der Waals surface area contributed by atoms with Gasteiger partial charge < -0.3 is 10.2 Å². The average molecular weight is 365 g/mol. The van der Waals surface area contributed by atoms with E-state index in [-0.39, 0.29) is 17.6 Å². The summed E-state index contributed by atoms with van der Waals surface area (Å²) >= 11 is 7.13. The van der Waals surface area contributed by atoms with Crippen LogP contribution in [0.2, 0.25) is 5.02 Å². The number of thiazole rings is 1. The van der Waals surface area contributed by atoms with Gasteiger partial charge in [0.05, 0.1) is 5.02 Å². The molecule has 1 N–H and O–H groups in total. The average Bonchev–Trinajstić information content (AvgIpc) is 3.04. The maximum absolute atomic E-state index is 12.4. The fourth-order valence-electron chi connectivity index (χ4n) is 2.63. The predicted octanol–water partition coefficient (Wildman–Crippen LogP) is 3.25. The molecule has 2 aromatic rings. The molecule has 0 atom stereocenters. The van der Waals surface area contributed by atoms with E-state index in [4.69, 9.17) is 11.6 Å². The first-order valence-corrected chi connectivity index (χ1v) is 8.92. The highest BCUT2D eigenvalue weighted by atomic mass is 35.5. The van der Waals surface area contributed by atoms with E-state index in [2.05, 4.69) is 20.2 Å². The molecule has 1 aliphatic rings. The Morgan fingerprint density at radius 2 is 2.08 bits per heavy atom. The van der Waals surface area contributed by atoms with Crippen molar-refractivity contribution in [3.05, 3.63) is 34.4 Å². The molecule has 24 heavy (non-hydrogen) atoms. The van der Waals surface area contributed by atoms with E-state index in [0.717, 1.165) is 31.7 Å². The van der Waals surface area contributed by atoms with Crippen LogP contribution in [0.15, 0.2) is 23.7 Å². The van der Waals surface area contributed by atoms with E-state index >= 15 is 0 Å². The van der Waals surface area contributed by atoms with E-state index in [1.807, 2.05) is 12.1 Å². The van der Waals surface area contributed by atoms with Crippen LogP contribution in [0.1, 0.15) is 30.3 Å². The molecule has 0 spiro atoms. The minimum Gasteiger partial charge on any atom is -0.357 e. The molecule has 8 heteroatoms. The summed E-state index contributed by atoms with van der Waals surface area (Å²) < 4.78 is 0. The van der Waals surface area contributed by atoms with E-state index in [0.29, 0.717) is 15.8 Å². The largest absolute Gasteiger partial charge is 0.357 e. The zero-order valence-electron chi connectivity index (χ0n) is 13.2. The maximum atomic E-state index is 12.4. The standard InChI is InChI=1S/C16H17ClN4O2S/c1-10(22)13-9-24-16(19-13)20-15(23)11-4-6-21(7-5-11)14-3-2-12(17)8-18-14/h2-3,8-9,11H,4-7H2,1H3,(H,19,20,23). The molecule has 1 aliphatic heterocycles. The second-order valence-corrected chi connectivity index (χ2v) is 6.97.